The van der Waals surface area contributed by atoms with Gasteiger partial charge in [0.25, 0.3) is 0 Å². The summed E-state index contributed by atoms with van der Waals surface area (Å²) >= 11 is 1.31. The van der Waals surface area contributed by atoms with Gasteiger partial charge in [-0.1, -0.05) is 41.6 Å². The third-order valence-electron chi connectivity index (χ3n) is 2.42. The van der Waals surface area contributed by atoms with Crippen LogP contribution < -0.4 is 5.73 Å². The zero-order valence-electron chi connectivity index (χ0n) is 9.92. The first-order chi connectivity index (χ1) is 8.67. The van der Waals surface area contributed by atoms with Gasteiger partial charge in [-0.15, -0.1) is 5.10 Å². The topological polar surface area (TPSA) is 91.4 Å². The lowest BCUT2D eigenvalue weighted by atomic mass is 10.1. The summed E-state index contributed by atoms with van der Waals surface area (Å²) in [5, 5.41) is 15.9. The van der Waals surface area contributed by atoms with Crippen molar-refractivity contribution >= 4 is 17.7 Å². The first-order valence-corrected chi connectivity index (χ1v) is 6.35. The quantitative estimate of drug-likeness (QED) is 0.818. The minimum absolute atomic E-state index is 0.220. The summed E-state index contributed by atoms with van der Waals surface area (Å²) in [4.78, 5) is 3.98. The Bertz CT molecular complexity index is 555. The standard InChI is InChI=1S/C12H13N5S/c1-8-2-4-9(5-3-8)6-10(7-13)18-12-15-11(14)16-17-12/h2-5,10H,6H2,1H3,(H3,14,15,16,17)/t10-/m0/s1. The van der Waals surface area contributed by atoms with Gasteiger partial charge in [0.1, 0.15) is 5.25 Å². The number of nitrogens with zero attached hydrogens (tertiary/aromatic N) is 3. The van der Waals surface area contributed by atoms with Crippen LogP contribution in [0.1, 0.15) is 11.1 Å². The van der Waals surface area contributed by atoms with Crippen molar-refractivity contribution in [2.75, 3.05) is 5.73 Å². The molecule has 0 radical (unpaired) electrons. The number of nitrogens with two attached hydrogens (primary N) is 1. The number of nitrogen functional groups attached to an aromatic ring is 1. The van der Waals surface area contributed by atoms with Crippen LogP contribution in [0.15, 0.2) is 29.4 Å². The van der Waals surface area contributed by atoms with E-state index < -0.39 is 0 Å². The number of anilines is 1. The number of aromatic nitrogens is 3. The van der Waals surface area contributed by atoms with Gasteiger partial charge in [0, 0.05) is 0 Å². The highest BCUT2D eigenvalue weighted by atomic mass is 32.2. The summed E-state index contributed by atoms with van der Waals surface area (Å²) in [5.41, 5.74) is 7.78. The van der Waals surface area contributed by atoms with E-state index in [4.69, 9.17) is 11.0 Å². The Kier molecular flexibility index (Phi) is 3.85. The summed E-state index contributed by atoms with van der Waals surface area (Å²) in [5.74, 6) is 0.268. The van der Waals surface area contributed by atoms with E-state index in [2.05, 4.69) is 21.3 Å². The molecule has 0 bridgehead atoms. The van der Waals surface area contributed by atoms with Gasteiger partial charge in [0.05, 0.1) is 6.07 Å². The van der Waals surface area contributed by atoms with E-state index in [1.54, 1.807) is 0 Å². The zero-order valence-corrected chi connectivity index (χ0v) is 10.7. The number of nitrogens with one attached hydrogen (secondary N) is 1. The average Bonchev–Trinajstić information content (AvgIpc) is 2.77. The van der Waals surface area contributed by atoms with E-state index in [0.717, 1.165) is 5.56 Å². The van der Waals surface area contributed by atoms with Gasteiger partial charge >= 0.3 is 0 Å². The monoisotopic (exact) mass is 259 g/mol. The third-order valence-corrected chi connectivity index (χ3v) is 3.37. The summed E-state index contributed by atoms with van der Waals surface area (Å²) in [6.07, 6.45) is 0.663. The summed E-state index contributed by atoms with van der Waals surface area (Å²) in [6.45, 7) is 2.04. The van der Waals surface area contributed by atoms with Gasteiger partial charge in [0.15, 0.2) is 0 Å². The number of H-pyrrole nitrogens is 1. The maximum Gasteiger partial charge on any atom is 0.216 e. The van der Waals surface area contributed by atoms with Gasteiger partial charge in [-0.3, -0.25) is 0 Å². The molecule has 0 saturated carbocycles. The lowest BCUT2D eigenvalue weighted by molar-refractivity contribution is 0.954. The van der Waals surface area contributed by atoms with Crippen molar-refractivity contribution in [3.63, 3.8) is 0 Å². The van der Waals surface area contributed by atoms with Crippen molar-refractivity contribution in [2.24, 2.45) is 0 Å². The Hall–Kier alpha value is -2.00. The summed E-state index contributed by atoms with van der Waals surface area (Å²) < 4.78 is 0. The Morgan fingerprint density at radius 3 is 2.72 bits per heavy atom. The maximum absolute atomic E-state index is 9.14. The molecule has 0 unspecified atom stereocenters. The van der Waals surface area contributed by atoms with Crippen molar-refractivity contribution in [2.45, 2.75) is 23.8 Å². The van der Waals surface area contributed by atoms with Crippen molar-refractivity contribution in [1.82, 2.24) is 15.2 Å². The van der Waals surface area contributed by atoms with Gasteiger partial charge in [0.2, 0.25) is 11.1 Å². The Morgan fingerprint density at radius 1 is 1.44 bits per heavy atom. The predicted octanol–water partition coefficient (Wildman–Crippen LogP) is 1.92. The van der Waals surface area contributed by atoms with E-state index in [-0.39, 0.29) is 11.2 Å². The average molecular weight is 259 g/mol. The molecule has 6 heteroatoms. The minimum atomic E-state index is -0.220. The normalized spacial score (nSPS) is 12.0. The van der Waals surface area contributed by atoms with Gasteiger partial charge in [-0.05, 0) is 18.9 Å². The largest absolute Gasteiger partial charge is 0.368 e. The number of hydrogen-bond acceptors (Lipinski definition) is 5. The lowest BCUT2D eigenvalue weighted by Gasteiger charge is -2.06. The molecule has 3 N–H and O–H groups in total. The predicted molar refractivity (Wildman–Crippen MR) is 70.9 cm³/mol. The van der Waals surface area contributed by atoms with Crippen LogP contribution >= 0.6 is 11.8 Å². The number of rotatable bonds is 4. The molecule has 1 heterocycles. The summed E-state index contributed by atoms with van der Waals surface area (Å²) in [6, 6.07) is 10.4. The fraction of sp³-hybridized carbons (Fsp3) is 0.250. The molecule has 0 fully saturated rings. The molecule has 18 heavy (non-hydrogen) atoms. The Morgan fingerprint density at radius 2 is 2.17 bits per heavy atom. The highest BCUT2D eigenvalue weighted by molar-refractivity contribution is 8.00. The first-order valence-electron chi connectivity index (χ1n) is 5.47. The molecular formula is C12H13N5S. The highest BCUT2D eigenvalue weighted by Crippen LogP contribution is 2.22. The van der Waals surface area contributed by atoms with E-state index in [9.17, 15) is 0 Å². The smallest absolute Gasteiger partial charge is 0.216 e. The van der Waals surface area contributed by atoms with Gasteiger partial charge in [-0.2, -0.15) is 10.2 Å². The maximum atomic E-state index is 9.14. The number of aryl methyl sites for hydroxylation is 1. The van der Waals surface area contributed by atoms with Crippen LogP contribution in [0, 0.1) is 18.3 Å². The second kappa shape index (κ2) is 5.56. The highest BCUT2D eigenvalue weighted by Gasteiger charge is 2.13. The van der Waals surface area contributed by atoms with Crippen molar-refractivity contribution in [3.05, 3.63) is 35.4 Å². The van der Waals surface area contributed by atoms with Crippen LogP contribution in [-0.2, 0) is 6.42 Å². The number of aromatic amines is 1. The molecule has 1 aromatic carbocycles. The number of thioether (sulfide) groups is 1. The van der Waals surface area contributed by atoms with Gasteiger partial charge in [-0.25, -0.2) is 5.10 Å². The van der Waals surface area contributed by atoms with E-state index in [1.165, 1.54) is 17.3 Å². The third kappa shape index (κ3) is 3.25. The lowest BCUT2D eigenvalue weighted by Crippen LogP contribution is -2.04. The van der Waals surface area contributed by atoms with E-state index >= 15 is 0 Å². The summed E-state index contributed by atoms with van der Waals surface area (Å²) in [7, 11) is 0. The first kappa shape index (κ1) is 12.5. The van der Waals surface area contributed by atoms with Crippen molar-refractivity contribution in [1.29, 1.82) is 5.26 Å². The van der Waals surface area contributed by atoms with Crippen LogP contribution in [0.4, 0.5) is 5.95 Å². The molecule has 92 valence electrons. The fourth-order valence-electron chi connectivity index (χ4n) is 1.49. The molecule has 5 nitrogen and oxygen atoms in total. The molecule has 0 saturated heterocycles. The van der Waals surface area contributed by atoms with Crippen LogP contribution in [0.2, 0.25) is 0 Å². The molecule has 1 atom stereocenters. The van der Waals surface area contributed by atoms with Crippen molar-refractivity contribution in [3.8, 4) is 6.07 Å². The molecule has 0 aliphatic rings. The SMILES string of the molecule is Cc1ccc(C[C@@H](C#N)Sc2n[nH]c(N)n2)cc1. The van der Waals surface area contributed by atoms with E-state index in [1.807, 2.05) is 31.2 Å². The number of nitriles is 1. The van der Waals surface area contributed by atoms with Crippen LogP contribution in [0.25, 0.3) is 0 Å². The van der Waals surface area contributed by atoms with Gasteiger partial charge < -0.3 is 5.73 Å². The van der Waals surface area contributed by atoms with Crippen LogP contribution in [-0.4, -0.2) is 20.4 Å². The second-order valence-electron chi connectivity index (χ2n) is 3.93. The number of benzene rings is 1. The molecule has 0 amide bonds. The molecular weight excluding hydrogens is 246 g/mol. The van der Waals surface area contributed by atoms with E-state index in [0.29, 0.717) is 11.6 Å². The molecule has 1 aromatic heterocycles. The van der Waals surface area contributed by atoms with Crippen LogP contribution in [0.5, 0.6) is 0 Å². The Labute approximate surface area is 109 Å². The zero-order chi connectivity index (χ0) is 13.0. The van der Waals surface area contributed by atoms with Crippen LogP contribution in [0.3, 0.4) is 0 Å². The second-order valence-corrected chi connectivity index (χ2v) is 5.10. The molecule has 0 spiro atoms. The fourth-order valence-corrected chi connectivity index (χ4v) is 2.32. The molecule has 2 rings (SSSR count). The molecule has 2 aromatic rings. The minimum Gasteiger partial charge on any atom is -0.368 e. The molecule has 0 aliphatic heterocycles. The molecule has 0 aliphatic carbocycles. The Balaban J connectivity index is 2.02. The van der Waals surface area contributed by atoms with Crippen molar-refractivity contribution < 1.29 is 0 Å². The number of hydrogen-bond donors (Lipinski definition) is 2.